The molecule has 0 aromatic heterocycles. The van der Waals surface area contributed by atoms with Crippen LogP contribution in [0.15, 0.2) is 36.4 Å². The third kappa shape index (κ3) is 2.23. The Balaban J connectivity index is 2.51. The van der Waals surface area contributed by atoms with Gasteiger partial charge in [0.2, 0.25) is 0 Å². The number of methoxy groups -OCH3 is 1. The van der Waals surface area contributed by atoms with E-state index in [1.165, 1.54) is 0 Å². The van der Waals surface area contributed by atoms with Crippen molar-refractivity contribution in [1.29, 1.82) is 0 Å². The summed E-state index contributed by atoms with van der Waals surface area (Å²) in [7, 11) is 1.62. The highest BCUT2D eigenvalue weighted by molar-refractivity contribution is 5.86. The molecular weight excluding hydrogens is 216 g/mol. The van der Waals surface area contributed by atoms with Crippen molar-refractivity contribution in [2.45, 2.75) is 12.8 Å². The van der Waals surface area contributed by atoms with Gasteiger partial charge in [0.25, 0.3) is 0 Å². The maximum absolute atomic E-state index is 10.9. The van der Waals surface area contributed by atoms with Gasteiger partial charge in [-0.25, -0.2) is 0 Å². The van der Waals surface area contributed by atoms with Crippen molar-refractivity contribution in [3.63, 3.8) is 0 Å². The average molecular weight is 230 g/mol. The third-order valence-corrected chi connectivity index (χ3v) is 2.94. The maximum Gasteiger partial charge on any atom is 0.310 e. The second-order valence-corrected chi connectivity index (χ2v) is 4.03. The van der Waals surface area contributed by atoms with Gasteiger partial charge in [-0.2, -0.15) is 0 Å². The molecule has 0 saturated heterocycles. The molecule has 1 atom stereocenters. The Morgan fingerprint density at radius 1 is 1.18 bits per heavy atom. The molecule has 0 aliphatic carbocycles. The molecule has 0 aliphatic rings. The van der Waals surface area contributed by atoms with Crippen LogP contribution < -0.4 is 4.74 Å². The second kappa shape index (κ2) is 4.45. The van der Waals surface area contributed by atoms with Gasteiger partial charge < -0.3 is 9.84 Å². The molecule has 1 N–H and O–H groups in total. The Hall–Kier alpha value is -2.03. The Morgan fingerprint density at radius 3 is 2.53 bits per heavy atom. The lowest BCUT2D eigenvalue weighted by molar-refractivity contribution is -0.138. The van der Waals surface area contributed by atoms with E-state index in [4.69, 9.17) is 9.84 Å². The predicted molar refractivity (Wildman–Crippen MR) is 66.6 cm³/mol. The topological polar surface area (TPSA) is 46.5 Å². The fourth-order valence-electron chi connectivity index (χ4n) is 1.78. The summed E-state index contributed by atoms with van der Waals surface area (Å²) in [6, 6.07) is 11.5. The second-order valence-electron chi connectivity index (χ2n) is 4.03. The Kier molecular flexibility index (Phi) is 3.00. The first-order valence-corrected chi connectivity index (χ1v) is 5.42. The Bertz CT molecular complexity index is 560. The molecule has 0 bridgehead atoms. The number of fused-ring (bicyclic) bond motifs is 1. The molecule has 0 fully saturated rings. The van der Waals surface area contributed by atoms with E-state index in [-0.39, 0.29) is 0 Å². The SMILES string of the molecule is COc1ccc2ccc([C@H](C)C(=O)O)cc2c1. The van der Waals surface area contributed by atoms with Crippen LogP contribution in [-0.2, 0) is 4.79 Å². The Morgan fingerprint density at radius 2 is 1.88 bits per heavy atom. The minimum atomic E-state index is -0.813. The third-order valence-electron chi connectivity index (χ3n) is 2.94. The molecule has 0 saturated carbocycles. The number of hydrogen-bond acceptors (Lipinski definition) is 2. The van der Waals surface area contributed by atoms with Crippen LogP contribution in [0.3, 0.4) is 0 Å². The van der Waals surface area contributed by atoms with Gasteiger partial charge in [-0.3, -0.25) is 4.79 Å². The van der Waals surface area contributed by atoms with Crippen LogP contribution in [0.5, 0.6) is 5.75 Å². The zero-order valence-electron chi connectivity index (χ0n) is 9.81. The highest BCUT2D eigenvalue weighted by atomic mass is 16.5. The molecular formula is C14H14O3. The van der Waals surface area contributed by atoms with Crippen molar-refractivity contribution in [2.24, 2.45) is 0 Å². The lowest BCUT2D eigenvalue weighted by Crippen LogP contribution is -2.06. The van der Waals surface area contributed by atoms with Crippen molar-refractivity contribution in [1.82, 2.24) is 0 Å². The standard InChI is InChI=1S/C14H14O3/c1-9(14(15)16)11-4-3-10-5-6-13(17-2)8-12(10)7-11/h3-9H,1-2H3,(H,15,16)/t9-/m0/s1. The van der Waals surface area contributed by atoms with Crippen molar-refractivity contribution < 1.29 is 14.6 Å². The van der Waals surface area contributed by atoms with E-state index < -0.39 is 11.9 Å². The molecule has 2 rings (SSSR count). The predicted octanol–water partition coefficient (Wildman–Crippen LogP) is 3.04. The van der Waals surface area contributed by atoms with Gasteiger partial charge >= 0.3 is 5.97 Å². The van der Waals surface area contributed by atoms with E-state index in [2.05, 4.69) is 0 Å². The zero-order valence-corrected chi connectivity index (χ0v) is 9.81. The van der Waals surface area contributed by atoms with Crippen LogP contribution in [0.1, 0.15) is 18.4 Å². The summed E-state index contributed by atoms with van der Waals surface area (Å²) in [4.78, 5) is 10.9. The lowest BCUT2D eigenvalue weighted by Gasteiger charge is -2.08. The first-order valence-electron chi connectivity index (χ1n) is 5.42. The van der Waals surface area contributed by atoms with Crippen LogP contribution >= 0.6 is 0 Å². The summed E-state index contributed by atoms with van der Waals surface area (Å²) < 4.78 is 5.15. The van der Waals surface area contributed by atoms with Crippen molar-refractivity contribution in [3.8, 4) is 5.75 Å². The minimum Gasteiger partial charge on any atom is -0.497 e. The molecule has 0 aliphatic heterocycles. The van der Waals surface area contributed by atoms with Gasteiger partial charge in [0, 0.05) is 0 Å². The number of carboxylic acid groups (broad SMARTS) is 1. The summed E-state index contributed by atoms with van der Waals surface area (Å²) in [5.41, 5.74) is 0.804. The van der Waals surface area contributed by atoms with Crippen LogP contribution in [0.2, 0.25) is 0 Å². The van der Waals surface area contributed by atoms with E-state index in [0.717, 1.165) is 22.1 Å². The first-order chi connectivity index (χ1) is 8.11. The molecule has 88 valence electrons. The van der Waals surface area contributed by atoms with Crippen LogP contribution in [0.4, 0.5) is 0 Å². The van der Waals surface area contributed by atoms with Gasteiger partial charge in [-0.1, -0.05) is 24.3 Å². The number of rotatable bonds is 3. The fraction of sp³-hybridized carbons (Fsp3) is 0.214. The number of aliphatic carboxylic acids is 1. The number of carboxylic acids is 1. The molecule has 0 unspecified atom stereocenters. The monoisotopic (exact) mass is 230 g/mol. The highest BCUT2D eigenvalue weighted by Crippen LogP contribution is 2.25. The molecule has 2 aromatic carbocycles. The van der Waals surface area contributed by atoms with Gasteiger partial charge in [0.1, 0.15) is 5.75 Å². The minimum absolute atomic E-state index is 0.495. The number of benzene rings is 2. The van der Waals surface area contributed by atoms with Gasteiger partial charge in [-0.05, 0) is 35.4 Å². The number of carbonyl (C=O) groups is 1. The van der Waals surface area contributed by atoms with Gasteiger partial charge in [-0.15, -0.1) is 0 Å². The van der Waals surface area contributed by atoms with E-state index >= 15 is 0 Å². The van der Waals surface area contributed by atoms with Crippen molar-refractivity contribution >= 4 is 16.7 Å². The van der Waals surface area contributed by atoms with Crippen LogP contribution in [0.25, 0.3) is 10.8 Å². The summed E-state index contributed by atoms with van der Waals surface area (Å²) in [6.45, 7) is 1.68. The van der Waals surface area contributed by atoms with E-state index in [1.807, 2.05) is 36.4 Å². The molecule has 2 aromatic rings. The zero-order chi connectivity index (χ0) is 12.4. The fourth-order valence-corrected chi connectivity index (χ4v) is 1.78. The molecule has 0 spiro atoms. The van der Waals surface area contributed by atoms with Crippen molar-refractivity contribution in [3.05, 3.63) is 42.0 Å². The first kappa shape index (κ1) is 11.5. The van der Waals surface area contributed by atoms with Crippen LogP contribution in [-0.4, -0.2) is 18.2 Å². The molecule has 17 heavy (non-hydrogen) atoms. The summed E-state index contributed by atoms with van der Waals surface area (Å²) in [6.07, 6.45) is 0. The number of hydrogen-bond donors (Lipinski definition) is 1. The normalized spacial score (nSPS) is 12.4. The van der Waals surface area contributed by atoms with Crippen molar-refractivity contribution in [2.75, 3.05) is 7.11 Å². The smallest absolute Gasteiger partial charge is 0.310 e. The van der Waals surface area contributed by atoms with Gasteiger partial charge in [0.15, 0.2) is 0 Å². The summed E-state index contributed by atoms with van der Waals surface area (Å²) in [5.74, 6) is -0.532. The molecule has 3 nitrogen and oxygen atoms in total. The van der Waals surface area contributed by atoms with E-state index in [0.29, 0.717) is 0 Å². The van der Waals surface area contributed by atoms with Crippen LogP contribution in [0, 0.1) is 0 Å². The summed E-state index contributed by atoms with van der Waals surface area (Å²) in [5, 5.41) is 11.1. The van der Waals surface area contributed by atoms with Gasteiger partial charge in [0.05, 0.1) is 13.0 Å². The Labute approximate surface area is 99.6 Å². The van der Waals surface area contributed by atoms with E-state index in [1.54, 1.807) is 14.0 Å². The number of ether oxygens (including phenoxy) is 1. The van der Waals surface area contributed by atoms with E-state index in [9.17, 15) is 4.79 Å². The summed E-state index contributed by atoms with van der Waals surface area (Å²) >= 11 is 0. The molecule has 3 heteroatoms. The molecule has 0 radical (unpaired) electrons. The quantitative estimate of drug-likeness (QED) is 0.881. The average Bonchev–Trinajstić information content (AvgIpc) is 2.36. The highest BCUT2D eigenvalue weighted by Gasteiger charge is 2.13. The molecule has 0 amide bonds. The largest absolute Gasteiger partial charge is 0.497 e. The lowest BCUT2D eigenvalue weighted by atomic mass is 9.98. The maximum atomic E-state index is 10.9. The molecule has 0 heterocycles.